The fourth-order valence-corrected chi connectivity index (χ4v) is 3.81. The number of fused-ring (bicyclic) bond motifs is 1. The van der Waals surface area contributed by atoms with Crippen molar-refractivity contribution in [2.45, 2.75) is 31.7 Å². The molecular formula is C17H21N7O2S. The Hall–Kier alpha value is -2.88. The monoisotopic (exact) mass is 387 g/mol. The molecule has 0 amide bonds. The zero-order valence-electron chi connectivity index (χ0n) is 14.9. The molecule has 0 unspecified atom stereocenters. The summed E-state index contributed by atoms with van der Waals surface area (Å²) >= 11 is 0. The first-order chi connectivity index (χ1) is 13.0. The molecule has 1 aliphatic rings. The largest absolute Gasteiger partial charge is 0.365 e. The molecule has 1 aliphatic carbocycles. The van der Waals surface area contributed by atoms with Crippen LogP contribution in [-0.4, -0.2) is 40.7 Å². The first kappa shape index (κ1) is 17.5. The number of hydrogen-bond acceptors (Lipinski definition) is 7. The minimum Gasteiger partial charge on any atom is -0.365 e. The first-order valence-electron chi connectivity index (χ1n) is 8.79. The lowest BCUT2D eigenvalue weighted by atomic mass is 10.2. The van der Waals surface area contributed by atoms with Crippen LogP contribution in [0.2, 0.25) is 0 Å². The molecule has 1 aromatic carbocycles. The summed E-state index contributed by atoms with van der Waals surface area (Å²) in [5.74, 6) is 1.10. The van der Waals surface area contributed by atoms with Gasteiger partial charge in [0.15, 0.2) is 11.5 Å². The zero-order valence-corrected chi connectivity index (χ0v) is 15.7. The van der Waals surface area contributed by atoms with Crippen LogP contribution in [0, 0.1) is 0 Å². The molecule has 9 nitrogen and oxygen atoms in total. The first-order valence-corrected chi connectivity index (χ1v) is 10.7. The number of aromatic amines is 1. The van der Waals surface area contributed by atoms with E-state index in [1.54, 1.807) is 24.5 Å². The third-order valence-corrected chi connectivity index (χ3v) is 5.00. The van der Waals surface area contributed by atoms with Crippen LogP contribution in [0.3, 0.4) is 0 Å². The fraction of sp³-hybridized carbons (Fsp3) is 0.353. The van der Waals surface area contributed by atoms with Gasteiger partial charge in [-0.1, -0.05) is 18.9 Å². The van der Waals surface area contributed by atoms with E-state index in [4.69, 9.17) is 0 Å². The average molecular weight is 387 g/mol. The maximum absolute atomic E-state index is 11.4. The standard InChI is InChI=1S/C17H21N7O2S/c1-27(25,26)24-13-8-4-7-12(9-13)21-17-22-15-14(18-10-19-15)16(23-17)20-11-5-2-3-6-11/h4,7-11,24H,2-3,5-6H2,1H3,(H3,18,19,20,21,22,23). The quantitative estimate of drug-likeness (QED) is 0.512. The van der Waals surface area contributed by atoms with Gasteiger partial charge < -0.3 is 15.6 Å². The van der Waals surface area contributed by atoms with E-state index >= 15 is 0 Å². The predicted molar refractivity (Wildman–Crippen MR) is 106 cm³/mol. The zero-order chi connectivity index (χ0) is 18.9. The Morgan fingerprint density at radius 2 is 1.93 bits per heavy atom. The number of H-pyrrole nitrogens is 1. The van der Waals surface area contributed by atoms with Gasteiger partial charge in [0.2, 0.25) is 16.0 Å². The van der Waals surface area contributed by atoms with E-state index in [0.717, 1.165) is 19.1 Å². The maximum Gasteiger partial charge on any atom is 0.231 e. The van der Waals surface area contributed by atoms with Crippen LogP contribution in [-0.2, 0) is 10.0 Å². The Morgan fingerprint density at radius 3 is 2.70 bits per heavy atom. The van der Waals surface area contributed by atoms with Crippen molar-refractivity contribution in [1.29, 1.82) is 0 Å². The van der Waals surface area contributed by atoms with Crippen molar-refractivity contribution in [1.82, 2.24) is 19.9 Å². The molecule has 10 heteroatoms. The molecule has 2 aromatic heterocycles. The van der Waals surface area contributed by atoms with E-state index in [1.165, 1.54) is 12.8 Å². The molecule has 27 heavy (non-hydrogen) atoms. The van der Waals surface area contributed by atoms with Gasteiger partial charge in [-0.15, -0.1) is 0 Å². The Morgan fingerprint density at radius 1 is 1.15 bits per heavy atom. The predicted octanol–water partition coefficient (Wildman–Crippen LogP) is 2.82. The van der Waals surface area contributed by atoms with Gasteiger partial charge in [0.1, 0.15) is 5.52 Å². The van der Waals surface area contributed by atoms with E-state index in [2.05, 4.69) is 35.3 Å². The highest BCUT2D eigenvalue weighted by molar-refractivity contribution is 7.92. The number of anilines is 4. The summed E-state index contributed by atoms with van der Waals surface area (Å²) in [5, 5.41) is 6.61. The molecule has 4 rings (SSSR count). The number of benzene rings is 1. The minimum absolute atomic E-state index is 0.398. The minimum atomic E-state index is -3.34. The van der Waals surface area contributed by atoms with E-state index in [-0.39, 0.29) is 0 Å². The van der Waals surface area contributed by atoms with E-state index in [9.17, 15) is 8.42 Å². The Bertz CT molecular complexity index is 1060. The van der Waals surface area contributed by atoms with Gasteiger partial charge >= 0.3 is 0 Å². The number of rotatable bonds is 6. The van der Waals surface area contributed by atoms with Crippen molar-refractivity contribution < 1.29 is 8.42 Å². The topological polar surface area (TPSA) is 125 Å². The molecule has 1 fully saturated rings. The van der Waals surface area contributed by atoms with Crippen LogP contribution in [0.15, 0.2) is 30.6 Å². The highest BCUT2D eigenvalue weighted by Gasteiger charge is 2.18. The second kappa shape index (κ2) is 7.03. The second-order valence-electron chi connectivity index (χ2n) is 6.70. The second-order valence-corrected chi connectivity index (χ2v) is 8.45. The van der Waals surface area contributed by atoms with Crippen molar-refractivity contribution in [2.24, 2.45) is 0 Å². The number of imidazole rings is 1. The lowest BCUT2D eigenvalue weighted by Gasteiger charge is -2.14. The number of aromatic nitrogens is 4. The highest BCUT2D eigenvalue weighted by atomic mass is 32.2. The van der Waals surface area contributed by atoms with E-state index in [0.29, 0.717) is 40.3 Å². The summed E-state index contributed by atoms with van der Waals surface area (Å²) in [5.41, 5.74) is 2.49. The summed E-state index contributed by atoms with van der Waals surface area (Å²) in [7, 11) is -3.34. The molecule has 1 saturated carbocycles. The molecule has 2 heterocycles. The summed E-state index contributed by atoms with van der Waals surface area (Å²) in [6, 6.07) is 7.33. The molecule has 3 aromatic rings. The normalized spacial score (nSPS) is 15.1. The smallest absolute Gasteiger partial charge is 0.231 e. The van der Waals surface area contributed by atoms with Gasteiger partial charge in [-0.25, -0.2) is 13.4 Å². The van der Waals surface area contributed by atoms with Crippen LogP contribution in [0.1, 0.15) is 25.7 Å². The SMILES string of the molecule is CS(=O)(=O)Nc1cccc(Nc2nc(NC3CCCC3)c3nc[nH]c3n2)c1. The van der Waals surface area contributed by atoms with Gasteiger partial charge in [-0.05, 0) is 31.0 Å². The van der Waals surface area contributed by atoms with Crippen LogP contribution >= 0.6 is 0 Å². The number of nitrogens with zero attached hydrogens (tertiary/aromatic N) is 3. The summed E-state index contributed by atoms with van der Waals surface area (Å²) < 4.78 is 25.3. The molecule has 0 radical (unpaired) electrons. The van der Waals surface area contributed by atoms with Gasteiger partial charge in [0, 0.05) is 11.7 Å². The molecule has 0 bridgehead atoms. The third-order valence-electron chi connectivity index (χ3n) is 4.40. The number of hydrogen-bond donors (Lipinski definition) is 4. The average Bonchev–Trinajstić information content (AvgIpc) is 3.25. The number of nitrogens with one attached hydrogen (secondary N) is 4. The summed E-state index contributed by atoms with van der Waals surface area (Å²) in [6.45, 7) is 0. The molecule has 142 valence electrons. The van der Waals surface area contributed by atoms with Crippen LogP contribution in [0.4, 0.5) is 23.1 Å². The third kappa shape index (κ3) is 4.27. The highest BCUT2D eigenvalue weighted by Crippen LogP contribution is 2.26. The Balaban J connectivity index is 1.61. The van der Waals surface area contributed by atoms with Crippen LogP contribution < -0.4 is 15.4 Å². The van der Waals surface area contributed by atoms with Crippen molar-refractivity contribution in [3.8, 4) is 0 Å². The Kier molecular flexibility index (Phi) is 4.56. The van der Waals surface area contributed by atoms with Crippen LogP contribution in [0.5, 0.6) is 0 Å². The number of sulfonamides is 1. The van der Waals surface area contributed by atoms with Crippen molar-refractivity contribution >= 4 is 44.3 Å². The summed E-state index contributed by atoms with van der Waals surface area (Å²) in [6.07, 6.45) is 7.40. The van der Waals surface area contributed by atoms with Crippen LogP contribution in [0.25, 0.3) is 11.2 Å². The van der Waals surface area contributed by atoms with Gasteiger partial charge in [0.25, 0.3) is 0 Å². The van der Waals surface area contributed by atoms with Crippen molar-refractivity contribution in [3.63, 3.8) is 0 Å². The Labute approximate surface area is 157 Å². The molecule has 0 saturated heterocycles. The van der Waals surface area contributed by atoms with Crippen molar-refractivity contribution in [3.05, 3.63) is 30.6 Å². The molecular weight excluding hydrogens is 366 g/mol. The van der Waals surface area contributed by atoms with Gasteiger partial charge in [-0.2, -0.15) is 9.97 Å². The molecule has 0 aliphatic heterocycles. The lowest BCUT2D eigenvalue weighted by Crippen LogP contribution is -2.16. The molecule has 0 spiro atoms. The van der Waals surface area contributed by atoms with Gasteiger partial charge in [-0.3, -0.25) is 4.72 Å². The molecule has 0 atom stereocenters. The van der Waals surface area contributed by atoms with Gasteiger partial charge in [0.05, 0.1) is 18.3 Å². The van der Waals surface area contributed by atoms with E-state index in [1.807, 2.05) is 6.07 Å². The molecule has 4 N–H and O–H groups in total. The fourth-order valence-electron chi connectivity index (χ4n) is 3.26. The maximum atomic E-state index is 11.4. The lowest BCUT2D eigenvalue weighted by molar-refractivity contribution is 0.607. The van der Waals surface area contributed by atoms with E-state index < -0.39 is 10.0 Å². The van der Waals surface area contributed by atoms with Crippen molar-refractivity contribution in [2.75, 3.05) is 21.6 Å². The summed E-state index contributed by atoms with van der Waals surface area (Å²) in [4.78, 5) is 16.4.